The summed E-state index contributed by atoms with van der Waals surface area (Å²) in [5.41, 5.74) is 7.80. The zero-order valence-electron chi connectivity index (χ0n) is 10.6. The third-order valence-corrected chi connectivity index (χ3v) is 3.09. The maximum absolute atomic E-state index is 11.6. The highest BCUT2D eigenvalue weighted by Crippen LogP contribution is 2.29. The van der Waals surface area contributed by atoms with E-state index in [1.165, 1.54) is 7.11 Å². The summed E-state index contributed by atoms with van der Waals surface area (Å²) in [6.45, 7) is 0. The standard InChI is InChI=1S/C14H12Cl2N2O2/c1-20-14(19)11-3-2-4-12(13(11)17)18-10-6-8(15)5-9(16)7-10/h2-7,18H,17H2,1H3. The van der Waals surface area contributed by atoms with Gasteiger partial charge in [0, 0.05) is 15.7 Å². The van der Waals surface area contributed by atoms with Crippen LogP contribution < -0.4 is 11.1 Å². The second kappa shape index (κ2) is 6.03. The Bertz CT molecular complexity index is 639. The maximum atomic E-state index is 11.6. The molecular weight excluding hydrogens is 299 g/mol. The molecule has 6 heteroatoms. The summed E-state index contributed by atoms with van der Waals surface area (Å²) in [6, 6.07) is 10.1. The van der Waals surface area contributed by atoms with Gasteiger partial charge in [-0.3, -0.25) is 0 Å². The Hall–Kier alpha value is -1.91. The number of hydrogen-bond acceptors (Lipinski definition) is 4. The first-order valence-corrected chi connectivity index (χ1v) is 6.47. The molecule has 2 aromatic rings. The van der Waals surface area contributed by atoms with Crippen LogP contribution in [-0.2, 0) is 4.74 Å². The van der Waals surface area contributed by atoms with Crippen LogP contribution >= 0.6 is 23.2 Å². The molecule has 0 heterocycles. The zero-order valence-corrected chi connectivity index (χ0v) is 12.1. The largest absolute Gasteiger partial charge is 0.465 e. The van der Waals surface area contributed by atoms with Crippen molar-refractivity contribution >= 4 is 46.2 Å². The van der Waals surface area contributed by atoms with Crippen LogP contribution in [0.1, 0.15) is 10.4 Å². The lowest BCUT2D eigenvalue weighted by molar-refractivity contribution is 0.0602. The topological polar surface area (TPSA) is 64.3 Å². The average molecular weight is 311 g/mol. The molecule has 0 radical (unpaired) electrons. The van der Waals surface area contributed by atoms with E-state index in [9.17, 15) is 4.79 Å². The maximum Gasteiger partial charge on any atom is 0.340 e. The molecule has 0 amide bonds. The number of anilines is 3. The Labute approximate surface area is 126 Å². The molecule has 0 saturated heterocycles. The van der Waals surface area contributed by atoms with Crippen molar-refractivity contribution < 1.29 is 9.53 Å². The Kier molecular flexibility index (Phi) is 4.37. The van der Waals surface area contributed by atoms with Crippen molar-refractivity contribution in [1.82, 2.24) is 0 Å². The monoisotopic (exact) mass is 310 g/mol. The van der Waals surface area contributed by atoms with Crippen molar-refractivity contribution in [2.75, 3.05) is 18.2 Å². The zero-order chi connectivity index (χ0) is 14.7. The molecule has 104 valence electrons. The van der Waals surface area contributed by atoms with Gasteiger partial charge < -0.3 is 15.8 Å². The molecule has 0 saturated carbocycles. The van der Waals surface area contributed by atoms with Gasteiger partial charge in [-0.05, 0) is 30.3 Å². The number of hydrogen-bond donors (Lipinski definition) is 2. The van der Waals surface area contributed by atoms with E-state index in [-0.39, 0.29) is 0 Å². The van der Waals surface area contributed by atoms with Crippen LogP contribution in [-0.4, -0.2) is 13.1 Å². The van der Waals surface area contributed by atoms with Gasteiger partial charge in [-0.15, -0.1) is 0 Å². The van der Waals surface area contributed by atoms with Crippen molar-refractivity contribution in [3.63, 3.8) is 0 Å². The van der Waals surface area contributed by atoms with E-state index in [4.69, 9.17) is 28.9 Å². The fourth-order valence-electron chi connectivity index (χ4n) is 1.74. The SMILES string of the molecule is COC(=O)c1cccc(Nc2cc(Cl)cc(Cl)c2)c1N. The highest BCUT2D eigenvalue weighted by Gasteiger charge is 2.13. The molecule has 0 spiro atoms. The van der Waals surface area contributed by atoms with E-state index in [1.807, 2.05) is 0 Å². The third kappa shape index (κ3) is 3.15. The molecule has 0 aliphatic rings. The molecule has 2 rings (SSSR count). The first-order chi connectivity index (χ1) is 9.51. The number of carbonyl (C=O) groups is 1. The van der Waals surface area contributed by atoms with Crippen LogP contribution in [0.4, 0.5) is 17.1 Å². The van der Waals surface area contributed by atoms with E-state index < -0.39 is 5.97 Å². The fourth-order valence-corrected chi connectivity index (χ4v) is 2.27. The summed E-state index contributed by atoms with van der Waals surface area (Å²) in [7, 11) is 1.30. The van der Waals surface area contributed by atoms with Crippen molar-refractivity contribution in [1.29, 1.82) is 0 Å². The first-order valence-electron chi connectivity index (χ1n) is 5.71. The number of halogens is 2. The van der Waals surface area contributed by atoms with Crippen LogP contribution in [0.2, 0.25) is 10.0 Å². The second-order valence-corrected chi connectivity index (χ2v) is 4.91. The van der Waals surface area contributed by atoms with Crippen molar-refractivity contribution in [3.8, 4) is 0 Å². The van der Waals surface area contributed by atoms with Gasteiger partial charge in [0.1, 0.15) is 0 Å². The van der Waals surface area contributed by atoms with Gasteiger partial charge in [0.05, 0.1) is 24.0 Å². The van der Waals surface area contributed by atoms with Crippen LogP contribution in [0.3, 0.4) is 0 Å². The fraction of sp³-hybridized carbons (Fsp3) is 0.0714. The lowest BCUT2D eigenvalue weighted by Gasteiger charge is -2.12. The lowest BCUT2D eigenvalue weighted by atomic mass is 10.1. The van der Waals surface area contributed by atoms with E-state index in [2.05, 4.69) is 10.1 Å². The van der Waals surface area contributed by atoms with Crippen LogP contribution in [0, 0.1) is 0 Å². The van der Waals surface area contributed by atoms with E-state index in [0.29, 0.717) is 32.7 Å². The quantitative estimate of drug-likeness (QED) is 0.661. The van der Waals surface area contributed by atoms with E-state index in [1.54, 1.807) is 36.4 Å². The highest BCUT2D eigenvalue weighted by atomic mass is 35.5. The van der Waals surface area contributed by atoms with Crippen molar-refractivity contribution in [2.24, 2.45) is 0 Å². The summed E-state index contributed by atoms with van der Waals surface area (Å²) in [4.78, 5) is 11.6. The minimum Gasteiger partial charge on any atom is -0.465 e. The minimum absolute atomic E-state index is 0.297. The Balaban J connectivity index is 2.36. The molecule has 0 aliphatic heterocycles. The Morgan fingerprint density at radius 1 is 1.20 bits per heavy atom. The third-order valence-electron chi connectivity index (χ3n) is 2.65. The predicted octanol–water partition coefficient (Wildman–Crippen LogP) is 4.11. The molecule has 4 nitrogen and oxygen atoms in total. The molecule has 0 bridgehead atoms. The van der Waals surface area contributed by atoms with Crippen LogP contribution in [0.15, 0.2) is 36.4 Å². The molecule has 0 aliphatic carbocycles. The van der Waals surface area contributed by atoms with Gasteiger partial charge in [-0.25, -0.2) is 4.79 Å². The molecule has 0 atom stereocenters. The summed E-state index contributed by atoms with van der Waals surface area (Å²) < 4.78 is 4.67. The number of benzene rings is 2. The van der Waals surface area contributed by atoms with E-state index in [0.717, 1.165) is 0 Å². The molecule has 0 fully saturated rings. The van der Waals surface area contributed by atoms with Crippen molar-refractivity contribution in [2.45, 2.75) is 0 Å². The van der Waals surface area contributed by atoms with Gasteiger partial charge >= 0.3 is 5.97 Å². The van der Waals surface area contributed by atoms with Gasteiger partial charge in [0.25, 0.3) is 0 Å². The number of nitrogens with two attached hydrogens (primary N) is 1. The summed E-state index contributed by atoms with van der Waals surface area (Å²) in [6.07, 6.45) is 0. The Morgan fingerprint density at radius 3 is 2.45 bits per heavy atom. The number of methoxy groups -OCH3 is 1. The first kappa shape index (κ1) is 14.5. The smallest absolute Gasteiger partial charge is 0.340 e. The Morgan fingerprint density at radius 2 is 1.85 bits per heavy atom. The number of carbonyl (C=O) groups excluding carboxylic acids is 1. The number of ether oxygens (including phenoxy) is 1. The van der Waals surface area contributed by atoms with Gasteiger partial charge in [0.15, 0.2) is 0 Å². The molecule has 20 heavy (non-hydrogen) atoms. The lowest BCUT2D eigenvalue weighted by Crippen LogP contribution is -2.07. The number of nitrogen functional groups attached to an aromatic ring is 1. The highest BCUT2D eigenvalue weighted by molar-refractivity contribution is 6.35. The predicted molar refractivity (Wildman–Crippen MR) is 81.9 cm³/mol. The molecule has 0 unspecified atom stereocenters. The summed E-state index contributed by atoms with van der Waals surface area (Å²) in [5, 5.41) is 4.08. The number of para-hydroxylation sites is 1. The van der Waals surface area contributed by atoms with Gasteiger partial charge in [0.2, 0.25) is 0 Å². The number of rotatable bonds is 3. The van der Waals surface area contributed by atoms with Crippen molar-refractivity contribution in [3.05, 3.63) is 52.0 Å². The molecule has 0 aromatic heterocycles. The summed E-state index contributed by atoms with van der Waals surface area (Å²) >= 11 is 11.9. The number of nitrogens with one attached hydrogen (secondary N) is 1. The van der Waals surface area contributed by atoms with E-state index >= 15 is 0 Å². The van der Waals surface area contributed by atoms with Gasteiger partial charge in [-0.1, -0.05) is 29.3 Å². The van der Waals surface area contributed by atoms with Crippen LogP contribution in [0.25, 0.3) is 0 Å². The molecule has 3 N–H and O–H groups in total. The molecule has 2 aromatic carbocycles. The van der Waals surface area contributed by atoms with Gasteiger partial charge in [-0.2, -0.15) is 0 Å². The number of esters is 1. The summed E-state index contributed by atoms with van der Waals surface area (Å²) in [5.74, 6) is -0.490. The average Bonchev–Trinajstić information content (AvgIpc) is 2.39. The molecular formula is C14H12Cl2N2O2. The van der Waals surface area contributed by atoms with Crippen LogP contribution in [0.5, 0.6) is 0 Å². The normalized spacial score (nSPS) is 10.2. The minimum atomic E-state index is -0.490. The second-order valence-electron chi connectivity index (χ2n) is 4.04.